The second kappa shape index (κ2) is 5.36. The van der Waals surface area contributed by atoms with Gasteiger partial charge in [-0.3, -0.25) is 0 Å². The number of hydrogen-bond acceptors (Lipinski definition) is 2. The Morgan fingerprint density at radius 1 is 1.36 bits per heavy atom. The number of ether oxygens (including phenoxy) is 1. The van der Waals surface area contributed by atoms with Crippen molar-refractivity contribution in [2.24, 2.45) is 11.3 Å². The number of nitriles is 1. The molecule has 0 N–H and O–H groups in total. The Hall–Kier alpha value is -0.550. The first-order valence-electron chi connectivity index (χ1n) is 5.67. The Balaban J connectivity index is 2.19. The van der Waals surface area contributed by atoms with Crippen molar-refractivity contribution in [3.8, 4) is 6.07 Å². The largest absolute Gasteiger partial charge is 0.381 e. The predicted octanol–water partition coefficient (Wildman–Crippen LogP) is 3.13. The van der Waals surface area contributed by atoms with Gasteiger partial charge < -0.3 is 4.74 Å². The van der Waals surface area contributed by atoms with Crippen LogP contribution in [0, 0.1) is 22.7 Å². The maximum Gasteiger partial charge on any atom is 0.0690 e. The van der Waals surface area contributed by atoms with Gasteiger partial charge in [-0.1, -0.05) is 26.7 Å². The molecule has 0 spiro atoms. The molecule has 1 saturated carbocycles. The van der Waals surface area contributed by atoms with Gasteiger partial charge in [-0.25, -0.2) is 0 Å². The van der Waals surface area contributed by atoms with E-state index in [4.69, 9.17) is 10.00 Å². The van der Waals surface area contributed by atoms with Crippen molar-refractivity contribution in [3.05, 3.63) is 0 Å². The number of nitrogens with zero attached hydrogens (tertiary/aromatic N) is 1. The molecule has 0 atom stereocenters. The molecule has 1 aliphatic carbocycles. The van der Waals surface area contributed by atoms with Crippen LogP contribution >= 0.6 is 0 Å². The van der Waals surface area contributed by atoms with Crippen LogP contribution < -0.4 is 0 Å². The summed E-state index contributed by atoms with van der Waals surface area (Å²) in [4.78, 5) is 0. The van der Waals surface area contributed by atoms with Gasteiger partial charge in [0.25, 0.3) is 0 Å². The summed E-state index contributed by atoms with van der Waals surface area (Å²) in [6.07, 6.45) is 5.52. The van der Waals surface area contributed by atoms with Gasteiger partial charge in [-0.05, 0) is 25.2 Å². The van der Waals surface area contributed by atoms with Crippen molar-refractivity contribution in [1.29, 1.82) is 5.26 Å². The van der Waals surface area contributed by atoms with E-state index < -0.39 is 0 Å². The van der Waals surface area contributed by atoms with Crippen LogP contribution in [0.25, 0.3) is 0 Å². The van der Waals surface area contributed by atoms with E-state index in [-0.39, 0.29) is 5.41 Å². The van der Waals surface area contributed by atoms with E-state index in [1.165, 1.54) is 12.8 Å². The molecule has 2 nitrogen and oxygen atoms in total. The van der Waals surface area contributed by atoms with Gasteiger partial charge >= 0.3 is 0 Å². The third-order valence-corrected chi connectivity index (χ3v) is 2.97. The number of hydrogen-bond donors (Lipinski definition) is 0. The van der Waals surface area contributed by atoms with Gasteiger partial charge in [0.15, 0.2) is 0 Å². The van der Waals surface area contributed by atoms with Crippen LogP contribution in [0.3, 0.4) is 0 Å². The molecule has 0 amide bonds. The lowest BCUT2D eigenvalue weighted by Crippen LogP contribution is -2.17. The molecule has 2 heteroatoms. The zero-order valence-electron chi connectivity index (χ0n) is 9.38. The Bertz CT molecular complexity index is 199. The zero-order valence-corrected chi connectivity index (χ0v) is 9.38. The molecule has 0 heterocycles. The van der Waals surface area contributed by atoms with E-state index in [2.05, 4.69) is 19.9 Å². The molecule has 0 aromatic heterocycles. The minimum Gasteiger partial charge on any atom is -0.381 e. The highest BCUT2D eigenvalue weighted by molar-refractivity contribution is 5.01. The van der Waals surface area contributed by atoms with Gasteiger partial charge in [0.1, 0.15) is 0 Å². The van der Waals surface area contributed by atoms with Gasteiger partial charge in [0, 0.05) is 13.2 Å². The molecule has 0 bridgehead atoms. The maximum absolute atomic E-state index is 9.12. The molecule has 1 fully saturated rings. The van der Waals surface area contributed by atoms with Crippen molar-refractivity contribution in [3.63, 3.8) is 0 Å². The topological polar surface area (TPSA) is 33.0 Å². The Kier molecular flexibility index (Phi) is 4.41. The first-order valence-corrected chi connectivity index (χ1v) is 5.67. The van der Waals surface area contributed by atoms with Gasteiger partial charge in [-0.15, -0.1) is 0 Å². The fraction of sp³-hybridized carbons (Fsp3) is 0.917. The Labute approximate surface area is 87.3 Å². The second-order valence-electron chi connectivity index (χ2n) is 4.82. The molecule has 14 heavy (non-hydrogen) atoms. The monoisotopic (exact) mass is 195 g/mol. The normalized spacial score (nSPS) is 19.9. The van der Waals surface area contributed by atoms with E-state index in [0.717, 1.165) is 32.5 Å². The van der Waals surface area contributed by atoms with Gasteiger partial charge in [0.2, 0.25) is 0 Å². The molecule has 1 aliphatic rings. The minimum atomic E-state index is -0.0447. The lowest BCUT2D eigenvalue weighted by atomic mass is 9.85. The molecule has 0 unspecified atom stereocenters. The van der Waals surface area contributed by atoms with Crippen LogP contribution in [0.1, 0.15) is 46.0 Å². The van der Waals surface area contributed by atoms with E-state index in [1.54, 1.807) is 0 Å². The average molecular weight is 195 g/mol. The third kappa shape index (κ3) is 3.31. The van der Waals surface area contributed by atoms with Crippen LogP contribution in [0.2, 0.25) is 0 Å². The standard InChI is InChI=1S/C12H21NO/c1-11(2)9-14-8-7-12(10-13)5-3-4-6-12/h11H,3-9H2,1-2H3. The first kappa shape index (κ1) is 11.5. The predicted molar refractivity (Wildman–Crippen MR) is 56.8 cm³/mol. The summed E-state index contributed by atoms with van der Waals surface area (Å²) >= 11 is 0. The molecular weight excluding hydrogens is 174 g/mol. The lowest BCUT2D eigenvalue weighted by Gasteiger charge is -2.19. The summed E-state index contributed by atoms with van der Waals surface area (Å²) in [5.41, 5.74) is -0.0447. The van der Waals surface area contributed by atoms with E-state index in [0.29, 0.717) is 5.92 Å². The lowest BCUT2D eigenvalue weighted by molar-refractivity contribution is 0.0892. The molecule has 0 saturated heterocycles. The fourth-order valence-corrected chi connectivity index (χ4v) is 2.06. The average Bonchev–Trinajstić information content (AvgIpc) is 2.62. The SMILES string of the molecule is CC(C)COCCC1(C#N)CCCC1. The first-order chi connectivity index (χ1) is 6.68. The van der Waals surface area contributed by atoms with Gasteiger partial charge in [-0.2, -0.15) is 5.26 Å². The minimum absolute atomic E-state index is 0.0447. The van der Waals surface area contributed by atoms with Crippen LogP contribution in [0.4, 0.5) is 0 Å². The summed E-state index contributed by atoms with van der Waals surface area (Å²) in [5.74, 6) is 0.594. The van der Waals surface area contributed by atoms with Crippen LogP contribution in [0.5, 0.6) is 0 Å². The highest BCUT2D eigenvalue weighted by atomic mass is 16.5. The smallest absolute Gasteiger partial charge is 0.0690 e. The van der Waals surface area contributed by atoms with Gasteiger partial charge in [0.05, 0.1) is 11.5 Å². The van der Waals surface area contributed by atoms with Crippen LogP contribution in [-0.4, -0.2) is 13.2 Å². The molecule has 0 radical (unpaired) electrons. The Morgan fingerprint density at radius 2 is 2.00 bits per heavy atom. The summed E-state index contributed by atoms with van der Waals surface area (Å²) in [7, 11) is 0. The van der Waals surface area contributed by atoms with Crippen LogP contribution in [0.15, 0.2) is 0 Å². The van der Waals surface area contributed by atoms with E-state index in [1.807, 2.05) is 0 Å². The summed E-state index contributed by atoms with van der Waals surface area (Å²) in [5, 5.41) is 9.12. The van der Waals surface area contributed by atoms with Crippen LogP contribution in [-0.2, 0) is 4.74 Å². The maximum atomic E-state index is 9.12. The molecular formula is C12H21NO. The fourth-order valence-electron chi connectivity index (χ4n) is 2.06. The molecule has 0 aliphatic heterocycles. The quantitative estimate of drug-likeness (QED) is 0.631. The zero-order chi connectivity index (χ0) is 10.4. The van der Waals surface area contributed by atoms with Crippen molar-refractivity contribution in [1.82, 2.24) is 0 Å². The molecule has 80 valence electrons. The second-order valence-corrected chi connectivity index (χ2v) is 4.82. The van der Waals surface area contributed by atoms with E-state index in [9.17, 15) is 0 Å². The Morgan fingerprint density at radius 3 is 2.50 bits per heavy atom. The summed E-state index contributed by atoms with van der Waals surface area (Å²) in [6, 6.07) is 2.49. The summed E-state index contributed by atoms with van der Waals surface area (Å²) in [6.45, 7) is 5.87. The van der Waals surface area contributed by atoms with E-state index >= 15 is 0 Å². The van der Waals surface area contributed by atoms with Crippen molar-refractivity contribution < 1.29 is 4.74 Å². The van der Waals surface area contributed by atoms with Crippen molar-refractivity contribution >= 4 is 0 Å². The number of rotatable bonds is 5. The third-order valence-electron chi connectivity index (χ3n) is 2.97. The highest BCUT2D eigenvalue weighted by Crippen LogP contribution is 2.40. The molecule has 1 rings (SSSR count). The van der Waals surface area contributed by atoms with Crippen molar-refractivity contribution in [2.75, 3.05) is 13.2 Å². The molecule has 0 aromatic rings. The highest BCUT2D eigenvalue weighted by Gasteiger charge is 2.33. The summed E-state index contributed by atoms with van der Waals surface area (Å²) < 4.78 is 5.53. The van der Waals surface area contributed by atoms with Crippen molar-refractivity contribution in [2.45, 2.75) is 46.0 Å². The molecule has 0 aromatic carbocycles.